The van der Waals surface area contributed by atoms with E-state index >= 15 is 0 Å². The SMILES string of the molecule is CNCCNC(=O)C1CCc2c(O)c3c(c(O)c2C1)C(=O)c1cccc(OC)c1C3=O. The second-order valence-corrected chi connectivity index (χ2v) is 7.78. The van der Waals surface area contributed by atoms with E-state index in [1.165, 1.54) is 13.2 Å². The van der Waals surface area contributed by atoms with Crippen molar-refractivity contribution in [3.8, 4) is 17.2 Å². The van der Waals surface area contributed by atoms with Crippen LogP contribution in [-0.4, -0.2) is 54.9 Å². The number of benzene rings is 2. The molecule has 0 spiro atoms. The molecule has 8 nitrogen and oxygen atoms in total. The molecular weight excluding hydrogens is 400 g/mol. The molecule has 2 aromatic carbocycles. The lowest BCUT2D eigenvalue weighted by molar-refractivity contribution is -0.125. The van der Waals surface area contributed by atoms with Gasteiger partial charge in [0.2, 0.25) is 11.7 Å². The van der Waals surface area contributed by atoms with Crippen molar-refractivity contribution in [1.29, 1.82) is 0 Å². The summed E-state index contributed by atoms with van der Waals surface area (Å²) in [5.41, 5.74) is 0.547. The van der Waals surface area contributed by atoms with E-state index in [9.17, 15) is 24.6 Å². The molecule has 8 heteroatoms. The van der Waals surface area contributed by atoms with E-state index in [-0.39, 0.29) is 51.8 Å². The van der Waals surface area contributed by atoms with Crippen molar-refractivity contribution in [1.82, 2.24) is 10.6 Å². The first-order valence-corrected chi connectivity index (χ1v) is 10.2. The number of amides is 1. The zero-order valence-electron chi connectivity index (χ0n) is 17.4. The molecule has 1 amide bonds. The van der Waals surface area contributed by atoms with E-state index < -0.39 is 17.5 Å². The van der Waals surface area contributed by atoms with Crippen LogP contribution in [0.4, 0.5) is 0 Å². The molecule has 2 aliphatic carbocycles. The first kappa shape index (κ1) is 20.9. The van der Waals surface area contributed by atoms with Crippen LogP contribution in [0.2, 0.25) is 0 Å². The van der Waals surface area contributed by atoms with Gasteiger partial charge >= 0.3 is 0 Å². The molecular formula is C23H24N2O6. The third-order valence-corrected chi connectivity index (χ3v) is 6.07. The van der Waals surface area contributed by atoms with Crippen LogP contribution >= 0.6 is 0 Å². The molecule has 0 fully saturated rings. The number of phenolic OH excluding ortho intramolecular Hbond substituents is 2. The number of methoxy groups -OCH3 is 1. The predicted molar refractivity (Wildman–Crippen MR) is 112 cm³/mol. The number of hydrogen-bond donors (Lipinski definition) is 4. The van der Waals surface area contributed by atoms with Crippen molar-refractivity contribution < 1.29 is 29.3 Å². The summed E-state index contributed by atoms with van der Waals surface area (Å²) >= 11 is 0. The van der Waals surface area contributed by atoms with E-state index in [0.29, 0.717) is 37.1 Å². The van der Waals surface area contributed by atoms with E-state index in [0.717, 1.165) is 0 Å². The molecule has 0 radical (unpaired) electrons. The van der Waals surface area contributed by atoms with Crippen molar-refractivity contribution in [2.75, 3.05) is 27.2 Å². The summed E-state index contributed by atoms with van der Waals surface area (Å²) in [7, 11) is 3.19. The second-order valence-electron chi connectivity index (χ2n) is 7.78. The first-order valence-electron chi connectivity index (χ1n) is 10.2. The fourth-order valence-corrected chi connectivity index (χ4v) is 4.49. The van der Waals surface area contributed by atoms with Crippen molar-refractivity contribution in [3.63, 3.8) is 0 Å². The Hall–Kier alpha value is -3.39. The topological polar surface area (TPSA) is 125 Å². The fourth-order valence-electron chi connectivity index (χ4n) is 4.49. The summed E-state index contributed by atoms with van der Waals surface area (Å²) < 4.78 is 5.24. The van der Waals surface area contributed by atoms with E-state index in [2.05, 4.69) is 10.6 Å². The van der Waals surface area contributed by atoms with Crippen molar-refractivity contribution in [2.45, 2.75) is 19.3 Å². The quantitative estimate of drug-likeness (QED) is 0.360. The average Bonchev–Trinajstić information content (AvgIpc) is 2.78. The molecule has 4 N–H and O–H groups in total. The van der Waals surface area contributed by atoms with Crippen LogP contribution in [0.1, 0.15) is 49.4 Å². The number of ketones is 2. The van der Waals surface area contributed by atoms with Gasteiger partial charge in [-0.3, -0.25) is 14.4 Å². The minimum atomic E-state index is -0.565. The summed E-state index contributed by atoms with van der Waals surface area (Å²) in [5, 5.41) is 27.7. The Morgan fingerprint density at radius 1 is 1.06 bits per heavy atom. The van der Waals surface area contributed by atoms with Crippen LogP contribution in [-0.2, 0) is 17.6 Å². The number of fused-ring (bicyclic) bond motifs is 3. The third kappa shape index (κ3) is 3.23. The summed E-state index contributed by atoms with van der Waals surface area (Å²) in [4.78, 5) is 38.9. The smallest absolute Gasteiger partial charge is 0.223 e. The Morgan fingerprint density at radius 2 is 1.77 bits per heavy atom. The lowest BCUT2D eigenvalue weighted by atomic mass is 9.75. The van der Waals surface area contributed by atoms with Gasteiger partial charge in [0.25, 0.3) is 0 Å². The number of carbonyl (C=O) groups excluding carboxylic acids is 3. The number of hydrogen-bond acceptors (Lipinski definition) is 7. The maximum atomic E-state index is 13.2. The molecule has 1 atom stereocenters. The monoisotopic (exact) mass is 424 g/mol. The van der Waals surface area contributed by atoms with Crippen molar-refractivity contribution >= 4 is 17.5 Å². The molecule has 0 bridgehead atoms. The Bertz CT molecular complexity index is 1110. The van der Waals surface area contributed by atoms with Crippen molar-refractivity contribution in [3.05, 3.63) is 51.6 Å². The van der Waals surface area contributed by atoms with Gasteiger partial charge in [0.15, 0.2) is 5.78 Å². The maximum Gasteiger partial charge on any atom is 0.223 e. The summed E-state index contributed by atoms with van der Waals surface area (Å²) in [6.07, 6.45) is 0.957. The minimum Gasteiger partial charge on any atom is -0.507 e. The minimum absolute atomic E-state index is 0.0785. The molecule has 0 aromatic heterocycles. The van der Waals surface area contributed by atoms with Gasteiger partial charge in [0.1, 0.15) is 17.2 Å². The van der Waals surface area contributed by atoms with Crippen LogP contribution in [0.15, 0.2) is 18.2 Å². The van der Waals surface area contributed by atoms with Gasteiger partial charge in [-0.05, 0) is 32.4 Å². The maximum absolute atomic E-state index is 13.2. The van der Waals surface area contributed by atoms with Crippen LogP contribution in [0.5, 0.6) is 17.2 Å². The number of phenols is 2. The van der Waals surface area contributed by atoms with E-state index in [1.54, 1.807) is 19.2 Å². The molecule has 31 heavy (non-hydrogen) atoms. The van der Waals surface area contributed by atoms with Gasteiger partial charge in [0.05, 0.1) is 23.8 Å². The number of likely N-dealkylation sites (N-methyl/N-ethyl adjacent to an activating group) is 1. The fraction of sp³-hybridized carbons (Fsp3) is 0.348. The molecule has 4 rings (SSSR count). The highest BCUT2D eigenvalue weighted by molar-refractivity contribution is 6.31. The molecule has 1 unspecified atom stereocenters. The van der Waals surface area contributed by atoms with E-state index in [1.807, 2.05) is 0 Å². The van der Waals surface area contributed by atoms with Gasteiger partial charge in [-0.2, -0.15) is 0 Å². The largest absolute Gasteiger partial charge is 0.507 e. The number of nitrogens with one attached hydrogen (secondary N) is 2. The number of carbonyl (C=O) groups is 3. The average molecular weight is 424 g/mol. The molecule has 0 heterocycles. The number of rotatable bonds is 5. The molecule has 0 saturated carbocycles. The first-order chi connectivity index (χ1) is 14.9. The molecule has 2 aliphatic rings. The highest BCUT2D eigenvalue weighted by Gasteiger charge is 2.41. The molecule has 0 saturated heterocycles. The second kappa shape index (κ2) is 8.03. The highest BCUT2D eigenvalue weighted by Crippen LogP contribution is 2.47. The van der Waals surface area contributed by atoms with Gasteiger partial charge in [0, 0.05) is 35.7 Å². The predicted octanol–water partition coefficient (Wildman–Crippen LogP) is 1.32. The summed E-state index contributed by atoms with van der Waals surface area (Å²) in [6.45, 7) is 1.11. The highest BCUT2D eigenvalue weighted by atomic mass is 16.5. The van der Waals surface area contributed by atoms with E-state index in [4.69, 9.17) is 4.74 Å². The number of aromatic hydroxyl groups is 2. The lowest BCUT2D eigenvalue weighted by Crippen LogP contribution is -2.37. The molecule has 0 aliphatic heterocycles. The Morgan fingerprint density at radius 3 is 2.48 bits per heavy atom. The van der Waals surface area contributed by atoms with Crippen LogP contribution in [0, 0.1) is 5.92 Å². The van der Waals surface area contributed by atoms with Crippen LogP contribution < -0.4 is 15.4 Å². The van der Waals surface area contributed by atoms with Crippen LogP contribution in [0.3, 0.4) is 0 Å². The normalized spacial score (nSPS) is 16.9. The molecule has 2 aromatic rings. The van der Waals surface area contributed by atoms with Gasteiger partial charge < -0.3 is 25.6 Å². The Balaban J connectivity index is 1.78. The Kier molecular flexibility index (Phi) is 5.41. The summed E-state index contributed by atoms with van der Waals surface area (Å²) in [5.74, 6) is -2.06. The zero-order valence-corrected chi connectivity index (χ0v) is 17.4. The Labute approximate surface area is 179 Å². The molecule has 162 valence electrons. The third-order valence-electron chi connectivity index (χ3n) is 6.07. The standard InChI is InChI=1S/C23H24N2O6/c1-24-8-9-25-23(30)11-6-7-12-14(10-11)21(28)17-18(19(12)26)22(29)16-13(20(17)27)4-3-5-15(16)31-2/h3-5,11,24,26,28H,6-10H2,1-2H3,(H,25,30). The lowest BCUT2D eigenvalue weighted by Gasteiger charge is -2.29. The van der Waals surface area contributed by atoms with Gasteiger partial charge in [-0.1, -0.05) is 12.1 Å². The van der Waals surface area contributed by atoms with Crippen LogP contribution in [0.25, 0.3) is 0 Å². The summed E-state index contributed by atoms with van der Waals surface area (Å²) in [6, 6.07) is 4.66. The van der Waals surface area contributed by atoms with Gasteiger partial charge in [-0.25, -0.2) is 0 Å². The van der Waals surface area contributed by atoms with Crippen molar-refractivity contribution in [2.24, 2.45) is 5.92 Å². The number of ether oxygens (including phenoxy) is 1. The zero-order chi connectivity index (χ0) is 22.3. The van der Waals surface area contributed by atoms with Gasteiger partial charge in [-0.15, -0.1) is 0 Å².